The summed E-state index contributed by atoms with van der Waals surface area (Å²) in [6.45, 7) is 5.08. The molecule has 6 heteroatoms. The standard InChI is InChI=1S/C11H19N5O/c1-2-16(10-3-5-12-6-4-10)11(17)7-15-9-13-8-14-15/h8-10,12H,2-7H2,1H3. The fraction of sp³-hybridized carbons (Fsp3) is 0.727. The van der Waals surface area contributed by atoms with Crippen LogP contribution >= 0.6 is 0 Å². The van der Waals surface area contributed by atoms with Gasteiger partial charge in [0.15, 0.2) is 0 Å². The first-order chi connectivity index (χ1) is 8.31. The lowest BCUT2D eigenvalue weighted by atomic mass is 10.0. The van der Waals surface area contributed by atoms with Crippen LogP contribution in [0.2, 0.25) is 0 Å². The molecule has 6 nitrogen and oxygen atoms in total. The molecule has 1 aromatic rings. The van der Waals surface area contributed by atoms with Gasteiger partial charge in [0.05, 0.1) is 0 Å². The topological polar surface area (TPSA) is 63.1 Å². The van der Waals surface area contributed by atoms with Crippen LogP contribution in [0.15, 0.2) is 12.7 Å². The van der Waals surface area contributed by atoms with Crippen LogP contribution in [0.3, 0.4) is 0 Å². The van der Waals surface area contributed by atoms with E-state index in [0.29, 0.717) is 6.04 Å². The van der Waals surface area contributed by atoms with E-state index in [4.69, 9.17) is 0 Å². The number of piperidine rings is 1. The molecule has 0 atom stereocenters. The Bertz CT molecular complexity index is 345. The van der Waals surface area contributed by atoms with Crippen molar-refractivity contribution in [3.8, 4) is 0 Å². The molecule has 1 aromatic heterocycles. The fourth-order valence-corrected chi connectivity index (χ4v) is 2.30. The molecule has 0 saturated carbocycles. The Balaban J connectivity index is 1.94. The molecule has 0 aromatic carbocycles. The van der Waals surface area contributed by atoms with Crippen LogP contribution in [0.4, 0.5) is 0 Å². The zero-order valence-electron chi connectivity index (χ0n) is 10.2. The SMILES string of the molecule is CCN(C(=O)Cn1cncn1)C1CCNCC1. The summed E-state index contributed by atoms with van der Waals surface area (Å²) in [5.41, 5.74) is 0. The summed E-state index contributed by atoms with van der Waals surface area (Å²) >= 11 is 0. The van der Waals surface area contributed by atoms with Crippen LogP contribution in [0.5, 0.6) is 0 Å². The molecule has 0 unspecified atom stereocenters. The Morgan fingerprint density at radius 1 is 1.53 bits per heavy atom. The van der Waals surface area contributed by atoms with Gasteiger partial charge in [0, 0.05) is 12.6 Å². The summed E-state index contributed by atoms with van der Waals surface area (Å²) < 4.78 is 1.58. The van der Waals surface area contributed by atoms with Gasteiger partial charge in [0.1, 0.15) is 19.2 Å². The lowest BCUT2D eigenvalue weighted by Gasteiger charge is -2.33. The average Bonchev–Trinajstić information content (AvgIpc) is 2.84. The highest BCUT2D eigenvalue weighted by molar-refractivity contribution is 5.76. The van der Waals surface area contributed by atoms with Gasteiger partial charge in [-0.05, 0) is 32.9 Å². The van der Waals surface area contributed by atoms with E-state index in [0.717, 1.165) is 32.5 Å². The predicted octanol–water partition coefficient (Wildman–Crippen LogP) is -0.121. The molecule has 1 N–H and O–H groups in total. The molecule has 17 heavy (non-hydrogen) atoms. The van der Waals surface area contributed by atoms with E-state index in [2.05, 4.69) is 15.4 Å². The molecule has 1 amide bonds. The summed E-state index contributed by atoms with van der Waals surface area (Å²) in [7, 11) is 0. The van der Waals surface area contributed by atoms with Crippen molar-refractivity contribution in [3.05, 3.63) is 12.7 Å². The van der Waals surface area contributed by atoms with Gasteiger partial charge in [-0.25, -0.2) is 9.67 Å². The van der Waals surface area contributed by atoms with Gasteiger partial charge in [0.25, 0.3) is 0 Å². The van der Waals surface area contributed by atoms with E-state index < -0.39 is 0 Å². The molecular weight excluding hydrogens is 218 g/mol. The van der Waals surface area contributed by atoms with Crippen molar-refractivity contribution in [2.75, 3.05) is 19.6 Å². The third kappa shape index (κ3) is 3.03. The average molecular weight is 237 g/mol. The van der Waals surface area contributed by atoms with Gasteiger partial charge in [-0.2, -0.15) is 5.10 Å². The lowest BCUT2D eigenvalue weighted by molar-refractivity contribution is -0.134. The van der Waals surface area contributed by atoms with Crippen molar-refractivity contribution in [2.45, 2.75) is 32.4 Å². The van der Waals surface area contributed by atoms with Crippen molar-refractivity contribution in [1.82, 2.24) is 25.0 Å². The smallest absolute Gasteiger partial charge is 0.244 e. The number of nitrogens with one attached hydrogen (secondary N) is 1. The number of rotatable bonds is 4. The minimum absolute atomic E-state index is 0.130. The van der Waals surface area contributed by atoms with Crippen LogP contribution in [-0.4, -0.2) is 51.2 Å². The van der Waals surface area contributed by atoms with Crippen molar-refractivity contribution in [1.29, 1.82) is 0 Å². The first-order valence-electron chi connectivity index (χ1n) is 6.14. The van der Waals surface area contributed by atoms with Gasteiger partial charge in [-0.1, -0.05) is 0 Å². The molecule has 1 aliphatic rings. The highest BCUT2D eigenvalue weighted by Gasteiger charge is 2.23. The molecule has 2 rings (SSSR count). The summed E-state index contributed by atoms with van der Waals surface area (Å²) in [4.78, 5) is 18.0. The number of hydrogen-bond donors (Lipinski definition) is 1. The van der Waals surface area contributed by atoms with Crippen molar-refractivity contribution in [3.63, 3.8) is 0 Å². The van der Waals surface area contributed by atoms with E-state index in [1.54, 1.807) is 11.0 Å². The third-order valence-electron chi connectivity index (χ3n) is 3.17. The quantitative estimate of drug-likeness (QED) is 0.793. The first kappa shape index (κ1) is 12.0. The molecule has 0 radical (unpaired) electrons. The fourth-order valence-electron chi connectivity index (χ4n) is 2.30. The molecule has 2 heterocycles. The summed E-state index contributed by atoms with van der Waals surface area (Å²) in [6, 6.07) is 0.372. The van der Waals surface area contributed by atoms with E-state index in [1.165, 1.54) is 6.33 Å². The number of aromatic nitrogens is 3. The minimum atomic E-state index is 0.130. The van der Waals surface area contributed by atoms with Crippen LogP contribution < -0.4 is 5.32 Å². The molecule has 0 aliphatic carbocycles. The van der Waals surface area contributed by atoms with Crippen LogP contribution in [0.1, 0.15) is 19.8 Å². The highest BCUT2D eigenvalue weighted by Crippen LogP contribution is 2.12. The number of amides is 1. The van der Waals surface area contributed by atoms with Gasteiger partial charge in [0.2, 0.25) is 5.91 Å². The number of carbonyl (C=O) groups is 1. The molecule has 1 fully saturated rings. The summed E-state index contributed by atoms with van der Waals surface area (Å²) in [6.07, 6.45) is 5.11. The van der Waals surface area contributed by atoms with E-state index in [-0.39, 0.29) is 12.5 Å². The summed E-state index contributed by atoms with van der Waals surface area (Å²) in [5, 5.41) is 7.28. The maximum Gasteiger partial charge on any atom is 0.244 e. The van der Waals surface area contributed by atoms with E-state index in [9.17, 15) is 4.79 Å². The Hall–Kier alpha value is -1.43. The molecule has 94 valence electrons. The Kier molecular flexibility index (Phi) is 4.08. The normalized spacial score (nSPS) is 17.0. The first-order valence-corrected chi connectivity index (χ1v) is 6.14. The van der Waals surface area contributed by atoms with Gasteiger partial charge in [-0.3, -0.25) is 4.79 Å². The van der Waals surface area contributed by atoms with E-state index >= 15 is 0 Å². The Morgan fingerprint density at radius 3 is 2.88 bits per heavy atom. The lowest BCUT2D eigenvalue weighted by Crippen LogP contribution is -2.47. The zero-order valence-corrected chi connectivity index (χ0v) is 10.2. The Labute approximate surface area is 101 Å². The number of carbonyl (C=O) groups excluding carboxylic acids is 1. The maximum absolute atomic E-state index is 12.2. The zero-order chi connectivity index (χ0) is 12.1. The monoisotopic (exact) mass is 237 g/mol. The van der Waals surface area contributed by atoms with Crippen molar-refractivity contribution < 1.29 is 4.79 Å². The second-order valence-corrected chi connectivity index (χ2v) is 4.25. The van der Waals surface area contributed by atoms with Gasteiger partial charge in [-0.15, -0.1) is 0 Å². The molecular formula is C11H19N5O. The number of likely N-dealkylation sites (N-methyl/N-ethyl adjacent to an activating group) is 1. The largest absolute Gasteiger partial charge is 0.338 e. The molecule has 1 saturated heterocycles. The second-order valence-electron chi connectivity index (χ2n) is 4.25. The van der Waals surface area contributed by atoms with Crippen LogP contribution in [0, 0.1) is 0 Å². The second kappa shape index (κ2) is 5.77. The number of nitrogens with zero attached hydrogens (tertiary/aromatic N) is 4. The van der Waals surface area contributed by atoms with Crippen molar-refractivity contribution >= 4 is 5.91 Å². The maximum atomic E-state index is 12.2. The molecule has 1 aliphatic heterocycles. The minimum Gasteiger partial charge on any atom is -0.338 e. The third-order valence-corrected chi connectivity index (χ3v) is 3.17. The summed E-state index contributed by atoms with van der Waals surface area (Å²) in [5.74, 6) is 0.130. The van der Waals surface area contributed by atoms with Gasteiger partial charge < -0.3 is 10.2 Å². The van der Waals surface area contributed by atoms with Crippen molar-refractivity contribution in [2.24, 2.45) is 0 Å². The van der Waals surface area contributed by atoms with Gasteiger partial charge >= 0.3 is 0 Å². The Morgan fingerprint density at radius 2 is 2.29 bits per heavy atom. The predicted molar refractivity (Wildman–Crippen MR) is 63.3 cm³/mol. The number of hydrogen-bond acceptors (Lipinski definition) is 4. The van der Waals surface area contributed by atoms with E-state index in [1.807, 2.05) is 11.8 Å². The van der Waals surface area contributed by atoms with Crippen LogP contribution in [0.25, 0.3) is 0 Å². The highest BCUT2D eigenvalue weighted by atomic mass is 16.2. The van der Waals surface area contributed by atoms with Crippen LogP contribution in [-0.2, 0) is 11.3 Å². The molecule has 0 spiro atoms. The molecule has 0 bridgehead atoms.